The van der Waals surface area contributed by atoms with Crippen molar-refractivity contribution in [1.29, 1.82) is 0 Å². The van der Waals surface area contributed by atoms with Gasteiger partial charge in [0.1, 0.15) is 6.04 Å². The molecule has 1 N–H and O–H groups in total. The molecule has 1 amide bonds. The van der Waals surface area contributed by atoms with E-state index in [1.165, 1.54) is 4.31 Å². The van der Waals surface area contributed by atoms with Crippen LogP contribution in [0.3, 0.4) is 0 Å². The van der Waals surface area contributed by atoms with Crippen LogP contribution in [0.1, 0.15) is 26.3 Å². The van der Waals surface area contributed by atoms with Gasteiger partial charge in [0.2, 0.25) is 15.9 Å². The Labute approximate surface area is 148 Å². The molecule has 0 spiro atoms. The molecule has 0 bridgehead atoms. The number of carbonyl (C=O) groups excluding carboxylic acids is 1. The molecule has 1 unspecified atom stereocenters. The van der Waals surface area contributed by atoms with Crippen molar-refractivity contribution in [2.45, 2.75) is 26.3 Å². The number of rotatable bonds is 5. The molecule has 1 aromatic heterocycles. The summed E-state index contributed by atoms with van der Waals surface area (Å²) in [5.74, 6) is 0.243. The lowest BCUT2D eigenvalue weighted by Gasteiger charge is -2.22. The fourth-order valence-corrected chi connectivity index (χ4v) is 4.74. The lowest BCUT2D eigenvalue weighted by atomic mass is 10.0. The van der Waals surface area contributed by atoms with Gasteiger partial charge in [-0.2, -0.15) is 0 Å². The van der Waals surface area contributed by atoms with Crippen molar-refractivity contribution in [3.8, 4) is 0 Å². The predicted octanol–water partition coefficient (Wildman–Crippen LogP) is 2.86. The zero-order valence-electron chi connectivity index (χ0n) is 14.4. The molecule has 134 valence electrons. The largest absolute Gasteiger partial charge is 0.342 e. The summed E-state index contributed by atoms with van der Waals surface area (Å²) in [4.78, 5) is 12.7. The van der Waals surface area contributed by atoms with Gasteiger partial charge < -0.3 is 9.88 Å². The van der Waals surface area contributed by atoms with Gasteiger partial charge in [0.05, 0.1) is 11.4 Å². The third kappa shape index (κ3) is 3.71. The maximum absolute atomic E-state index is 12.7. The Morgan fingerprint density at radius 2 is 1.76 bits per heavy atom. The number of anilines is 2. The normalized spacial score (nSPS) is 17.6. The molecule has 1 saturated heterocycles. The number of sulfonamides is 1. The summed E-state index contributed by atoms with van der Waals surface area (Å²) in [5.41, 5.74) is 1.30. The molecule has 1 aromatic carbocycles. The van der Waals surface area contributed by atoms with Crippen molar-refractivity contribution in [3.63, 3.8) is 0 Å². The number of amides is 1. The first kappa shape index (κ1) is 17.5. The Balaban J connectivity index is 1.74. The highest BCUT2D eigenvalue weighted by Gasteiger charge is 2.28. The summed E-state index contributed by atoms with van der Waals surface area (Å²) in [5, 5.41) is 2.92. The van der Waals surface area contributed by atoms with E-state index >= 15 is 0 Å². The summed E-state index contributed by atoms with van der Waals surface area (Å²) in [6.07, 6.45) is 4.41. The molecule has 1 aliphatic rings. The van der Waals surface area contributed by atoms with E-state index in [-0.39, 0.29) is 23.6 Å². The van der Waals surface area contributed by atoms with E-state index in [9.17, 15) is 13.2 Å². The van der Waals surface area contributed by atoms with Crippen LogP contribution in [0.5, 0.6) is 0 Å². The van der Waals surface area contributed by atoms with E-state index in [2.05, 4.69) is 5.32 Å². The first-order chi connectivity index (χ1) is 11.9. The first-order valence-corrected chi connectivity index (χ1v) is 10.0. The third-order valence-corrected chi connectivity index (χ3v) is 6.24. The minimum atomic E-state index is -3.19. The van der Waals surface area contributed by atoms with Gasteiger partial charge in [0.25, 0.3) is 0 Å². The van der Waals surface area contributed by atoms with Crippen molar-refractivity contribution in [3.05, 3.63) is 48.8 Å². The highest BCUT2D eigenvalue weighted by atomic mass is 32.2. The van der Waals surface area contributed by atoms with Crippen LogP contribution in [0.2, 0.25) is 0 Å². The van der Waals surface area contributed by atoms with Gasteiger partial charge in [-0.1, -0.05) is 13.8 Å². The van der Waals surface area contributed by atoms with Gasteiger partial charge in [-0.3, -0.25) is 9.10 Å². The first-order valence-electron chi connectivity index (χ1n) is 8.42. The van der Waals surface area contributed by atoms with Crippen molar-refractivity contribution in [1.82, 2.24) is 4.57 Å². The zero-order valence-corrected chi connectivity index (χ0v) is 15.2. The lowest BCUT2D eigenvalue weighted by molar-refractivity contribution is -0.120. The fourth-order valence-electron chi connectivity index (χ4n) is 3.17. The molecule has 0 saturated carbocycles. The fraction of sp³-hybridized carbons (Fsp3) is 0.389. The third-order valence-electron chi connectivity index (χ3n) is 4.37. The molecule has 2 heterocycles. The van der Waals surface area contributed by atoms with Gasteiger partial charge in [0.15, 0.2) is 0 Å². The molecule has 2 aromatic rings. The van der Waals surface area contributed by atoms with Crippen LogP contribution in [-0.4, -0.2) is 31.2 Å². The predicted molar refractivity (Wildman–Crippen MR) is 99.1 cm³/mol. The summed E-state index contributed by atoms with van der Waals surface area (Å²) >= 11 is 0. The molecular weight excluding hydrogens is 338 g/mol. The van der Waals surface area contributed by atoms with E-state index in [0.717, 1.165) is 0 Å². The molecule has 1 aliphatic heterocycles. The molecule has 25 heavy (non-hydrogen) atoms. The Hall–Kier alpha value is -2.28. The maximum Gasteiger partial charge on any atom is 0.247 e. The number of hydrogen-bond acceptors (Lipinski definition) is 3. The molecule has 0 aliphatic carbocycles. The standard InChI is InChI=1S/C18H23N3O3S/c1-14(2)17(20-10-3-4-11-20)18(22)19-15-6-8-16(9-7-15)21-12-5-13-25(21,23)24/h3-4,6-11,14,17H,5,12-13H2,1-2H3,(H,19,22). The number of benzene rings is 1. The van der Waals surface area contributed by atoms with E-state index in [1.807, 2.05) is 42.9 Å². The average molecular weight is 361 g/mol. The summed E-state index contributed by atoms with van der Waals surface area (Å²) in [6, 6.07) is 10.5. The van der Waals surface area contributed by atoms with Crippen LogP contribution < -0.4 is 9.62 Å². The maximum atomic E-state index is 12.7. The van der Waals surface area contributed by atoms with Crippen molar-refractivity contribution in [2.24, 2.45) is 5.92 Å². The van der Waals surface area contributed by atoms with Gasteiger partial charge >= 0.3 is 0 Å². The minimum absolute atomic E-state index is 0.0901. The van der Waals surface area contributed by atoms with E-state index in [4.69, 9.17) is 0 Å². The molecule has 0 radical (unpaired) electrons. The molecule has 3 rings (SSSR count). The van der Waals surface area contributed by atoms with Crippen molar-refractivity contribution >= 4 is 27.3 Å². The monoisotopic (exact) mass is 361 g/mol. The smallest absolute Gasteiger partial charge is 0.247 e. The summed E-state index contributed by atoms with van der Waals surface area (Å²) in [7, 11) is -3.19. The van der Waals surface area contributed by atoms with E-state index in [1.54, 1.807) is 24.3 Å². The zero-order chi connectivity index (χ0) is 18.0. The molecule has 6 nitrogen and oxygen atoms in total. The van der Waals surface area contributed by atoms with Crippen molar-refractivity contribution < 1.29 is 13.2 Å². The van der Waals surface area contributed by atoms with Crippen LogP contribution in [0, 0.1) is 5.92 Å². The minimum Gasteiger partial charge on any atom is -0.342 e. The van der Waals surface area contributed by atoms with Crippen LogP contribution in [0.15, 0.2) is 48.8 Å². The highest BCUT2D eigenvalue weighted by molar-refractivity contribution is 7.93. The van der Waals surface area contributed by atoms with E-state index in [0.29, 0.717) is 24.3 Å². The Morgan fingerprint density at radius 1 is 1.12 bits per heavy atom. The number of carbonyl (C=O) groups is 1. The molecule has 1 atom stereocenters. The van der Waals surface area contributed by atoms with Gasteiger partial charge in [-0.05, 0) is 48.7 Å². The van der Waals surface area contributed by atoms with Gasteiger partial charge in [0, 0.05) is 24.6 Å². The topological polar surface area (TPSA) is 71.4 Å². The number of aromatic nitrogens is 1. The quantitative estimate of drug-likeness (QED) is 0.890. The molecule has 1 fully saturated rings. The van der Waals surface area contributed by atoms with E-state index < -0.39 is 10.0 Å². The summed E-state index contributed by atoms with van der Waals surface area (Å²) in [6.45, 7) is 4.52. The Morgan fingerprint density at radius 3 is 2.28 bits per heavy atom. The molecule has 7 heteroatoms. The van der Waals surface area contributed by atoms with Crippen LogP contribution in [0.25, 0.3) is 0 Å². The Kier molecular flexibility index (Phi) is 4.85. The summed E-state index contributed by atoms with van der Waals surface area (Å²) < 4.78 is 27.3. The van der Waals surface area contributed by atoms with Crippen molar-refractivity contribution in [2.75, 3.05) is 21.9 Å². The lowest BCUT2D eigenvalue weighted by Crippen LogP contribution is -2.29. The van der Waals surface area contributed by atoms with Crippen LogP contribution >= 0.6 is 0 Å². The second-order valence-corrected chi connectivity index (χ2v) is 8.61. The number of nitrogens with zero attached hydrogens (tertiary/aromatic N) is 2. The molecular formula is C18H23N3O3S. The van der Waals surface area contributed by atoms with Crippen LogP contribution in [-0.2, 0) is 14.8 Å². The number of nitrogens with one attached hydrogen (secondary N) is 1. The van der Waals surface area contributed by atoms with Gasteiger partial charge in [-0.15, -0.1) is 0 Å². The second-order valence-electron chi connectivity index (χ2n) is 6.60. The second kappa shape index (κ2) is 6.92. The number of hydrogen-bond donors (Lipinski definition) is 1. The highest BCUT2D eigenvalue weighted by Crippen LogP contribution is 2.26. The SMILES string of the molecule is CC(C)C(C(=O)Nc1ccc(N2CCCS2(=O)=O)cc1)n1cccc1. The van der Waals surface area contributed by atoms with Gasteiger partial charge in [-0.25, -0.2) is 8.42 Å². The average Bonchev–Trinajstić information content (AvgIpc) is 3.17. The van der Waals surface area contributed by atoms with Crippen LogP contribution in [0.4, 0.5) is 11.4 Å². The Bertz CT molecular complexity index is 827.